The molecule has 1 fully saturated rings. The van der Waals surface area contributed by atoms with E-state index in [4.69, 9.17) is 0 Å². The molecule has 1 aliphatic rings. The SMILES string of the molecule is CNC(C(C)C)C1CCCN1C(C)=O. The number of rotatable bonds is 3. The van der Waals surface area contributed by atoms with Gasteiger partial charge in [0.05, 0.1) is 0 Å². The summed E-state index contributed by atoms with van der Waals surface area (Å²) in [5.41, 5.74) is 0. The highest BCUT2D eigenvalue weighted by molar-refractivity contribution is 5.74. The van der Waals surface area contributed by atoms with Gasteiger partial charge in [-0.1, -0.05) is 13.8 Å². The maximum Gasteiger partial charge on any atom is 0.219 e. The summed E-state index contributed by atoms with van der Waals surface area (Å²) in [7, 11) is 1.99. The minimum atomic E-state index is 0.216. The highest BCUT2D eigenvalue weighted by atomic mass is 16.2. The number of hydrogen-bond donors (Lipinski definition) is 1. The number of amides is 1. The third-order valence-corrected chi connectivity index (χ3v) is 3.17. The number of nitrogens with one attached hydrogen (secondary N) is 1. The summed E-state index contributed by atoms with van der Waals surface area (Å²) < 4.78 is 0. The molecule has 1 aliphatic heterocycles. The Morgan fingerprint density at radius 1 is 1.50 bits per heavy atom. The molecule has 2 atom stereocenters. The highest BCUT2D eigenvalue weighted by Gasteiger charge is 2.33. The molecule has 1 rings (SSSR count). The fourth-order valence-electron chi connectivity index (χ4n) is 2.53. The number of hydrogen-bond acceptors (Lipinski definition) is 2. The first-order chi connectivity index (χ1) is 6.57. The summed E-state index contributed by atoms with van der Waals surface area (Å²) in [6.07, 6.45) is 2.29. The monoisotopic (exact) mass is 198 g/mol. The van der Waals surface area contributed by atoms with Crippen LogP contribution in [-0.2, 0) is 4.79 Å². The highest BCUT2D eigenvalue weighted by Crippen LogP contribution is 2.23. The van der Waals surface area contributed by atoms with Crippen molar-refractivity contribution in [2.24, 2.45) is 5.92 Å². The zero-order valence-electron chi connectivity index (χ0n) is 9.71. The third-order valence-electron chi connectivity index (χ3n) is 3.17. The van der Waals surface area contributed by atoms with E-state index in [0.717, 1.165) is 19.4 Å². The van der Waals surface area contributed by atoms with Gasteiger partial charge in [0.15, 0.2) is 0 Å². The Hall–Kier alpha value is -0.570. The van der Waals surface area contributed by atoms with Gasteiger partial charge in [0.2, 0.25) is 5.91 Å². The van der Waals surface area contributed by atoms with Crippen molar-refractivity contribution >= 4 is 5.91 Å². The van der Waals surface area contributed by atoms with Crippen LogP contribution >= 0.6 is 0 Å². The Kier molecular flexibility index (Phi) is 3.93. The van der Waals surface area contributed by atoms with E-state index in [1.54, 1.807) is 6.92 Å². The molecule has 0 radical (unpaired) electrons. The maximum atomic E-state index is 11.4. The van der Waals surface area contributed by atoms with Crippen molar-refractivity contribution in [2.75, 3.05) is 13.6 Å². The van der Waals surface area contributed by atoms with Gasteiger partial charge in [-0.3, -0.25) is 4.79 Å². The molecule has 1 N–H and O–H groups in total. The minimum absolute atomic E-state index is 0.216. The molecule has 14 heavy (non-hydrogen) atoms. The molecule has 1 amide bonds. The zero-order valence-corrected chi connectivity index (χ0v) is 9.71. The largest absolute Gasteiger partial charge is 0.338 e. The van der Waals surface area contributed by atoms with Gasteiger partial charge in [0, 0.05) is 25.6 Å². The van der Waals surface area contributed by atoms with Crippen LogP contribution in [0.25, 0.3) is 0 Å². The smallest absolute Gasteiger partial charge is 0.219 e. The van der Waals surface area contributed by atoms with Crippen LogP contribution in [-0.4, -0.2) is 36.5 Å². The number of carbonyl (C=O) groups is 1. The van der Waals surface area contributed by atoms with Gasteiger partial charge in [-0.15, -0.1) is 0 Å². The molecule has 3 heteroatoms. The summed E-state index contributed by atoms with van der Waals surface area (Å²) in [6.45, 7) is 7.02. The average Bonchev–Trinajstić information content (AvgIpc) is 2.53. The molecule has 0 saturated carbocycles. The number of carbonyl (C=O) groups excluding carboxylic acids is 1. The van der Waals surface area contributed by atoms with Crippen LogP contribution in [0.3, 0.4) is 0 Å². The molecule has 1 heterocycles. The van der Waals surface area contributed by atoms with E-state index in [2.05, 4.69) is 19.2 Å². The van der Waals surface area contributed by atoms with Crippen molar-refractivity contribution in [3.05, 3.63) is 0 Å². The molecule has 0 aromatic rings. The predicted octanol–water partition coefficient (Wildman–Crippen LogP) is 1.24. The van der Waals surface area contributed by atoms with Gasteiger partial charge in [-0.25, -0.2) is 0 Å². The van der Waals surface area contributed by atoms with Crippen molar-refractivity contribution in [2.45, 2.75) is 45.7 Å². The Balaban J connectivity index is 2.69. The minimum Gasteiger partial charge on any atom is -0.338 e. The molecule has 82 valence electrons. The van der Waals surface area contributed by atoms with E-state index in [9.17, 15) is 4.79 Å². The van der Waals surface area contributed by atoms with E-state index in [1.807, 2.05) is 11.9 Å². The molecule has 0 aliphatic carbocycles. The molecule has 3 nitrogen and oxygen atoms in total. The van der Waals surface area contributed by atoms with Gasteiger partial charge < -0.3 is 10.2 Å². The second kappa shape index (κ2) is 4.78. The van der Waals surface area contributed by atoms with E-state index < -0.39 is 0 Å². The molecular weight excluding hydrogens is 176 g/mol. The van der Waals surface area contributed by atoms with Gasteiger partial charge >= 0.3 is 0 Å². The summed E-state index contributed by atoms with van der Waals surface area (Å²) >= 11 is 0. The van der Waals surface area contributed by atoms with E-state index in [0.29, 0.717) is 18.0 Å². The summed E-state index contributed by atoms with van der Waals surface area (Å²) in [6, 6.07) is 0.832. The second-order valence-corrected chi connectivity index (χ2v) is 4.48. The molecular formula is C11H22N2O. The average molecular weight is 198 g/mol. The lowest BCUT2D eigenvalue weighted by Gasteiger charge is -2.33. The fraction of sp³-hybridized carbons (Fsp3) is 0.909. The zero-order chi connectivity index (χ0) is 10.7. The van der Waals surface area contributed by atoms with Crippen molar-refractivity contribution < 1.29 is 4.79 Å². The van der Waals surface area contributed by atoms with Crippen molar-refractivity contribution in [3.8, 4) is 0 Å². The summed E-state index contributed by atoms with van der Waals surface area (Å²) in [4.78, 5) is 13.4. The maximum absolute atomic E-state index is 11.4. The van der Waals surface area contributed by atoms with Gasteiger partial charge in [0.1, 0.15) is 0 Å². The molecule has 0 aromatic heterocycles. The molecule has 0 spiro atoms. The van der Waals surface area contributed by atoms with Crippen molar-refractivity contribution in [1.29, 1.82) is 0 Å². The fourth-order valence-corrected chi connectivity index (χ4v) is 2.53. The normalized spacial score (nSPS) is 24.4. The summed E-state index contributed by atoms with van der Waals surface area (Å²) in [5, 5.41) is 3.33. The van der Waals surface area contributed by atoms with Crippen LogP contribution in [0.2, 0.25) is 0 Å². The molecule has 2 unspecified atom stereocenters. The summed E-state index contributed by atoms with van der Waals surface area (Å²) in [5.74, 6) is 0.790. The van der Waals surface area contributed by atoms with Gasteiger partial charge in [0.25, 0.3) is 0 Å². The topological polar surface area (TPSA) is 32.3 Å². The second-order valence-electron chi connectivity index (χ2n) is 4.48. The van der Waals surface area contributed by atoms with Crippen LogP contribution in [0, 0.1) is 5.92 Å². The standard InChI is InChI=1S/C11H22N2O/c1-8(2)11(12-4)10-6-5-7-13(10)9(3)14/h8,10-12H,5-7H2,1-4H3. The molecule has 0 aromatic carbocycles. The Morgan fingerprint density at radius 2 is 2.14 bits per heavy atom. The third kappa shape index (κ3) is 2.27. The number of likely N-dealkylation sites (tertiary alicyclic amines) is 1. The Morgan fingerprint density at radius 3 is 2.57 bits per heavy atom. The first-order valence-corrected chi connectivity index (χ1v) is 5.52. The quantitative estimate of drug-likeness (QED) is 0.740. The van der Waals surface area contributed by atoms with Crippen molar-refractivity contribution in [3.63, 3.8) is 0 Å². The Bertz CT molecular complexity index is 203. The Labute approximate surface area is 86.9 Å². The molecule has 1 saturated heterocycles. The van der Waals surface area contributed by atoms with E-state index in [-0.39, 0.29) is 5.91 Å². The van der Waals surface area contributed by atoms with Gasteiger partial charge in [-0.05, 0) is 25.8 Å². The van der Waals surface area contributed by atoms with Crippen LogP contribution in [0.1, 0.15) is 33.6 Å². The van der Waals surface area contributed by atoms with Crippen molar-refractivity contribution in [1.82, 2.24) is 10.2 Å². The lowest BCUT2D eigenvalue weighted by molar-refractivity contribution is -0.130. The van der Waals surface area contributed by atoms with Crippen LogP contribution in [0.5, 0.6) is 0 Å². The first-order valence-electron chi connectivity index (χ1n) is 5.52. The number of likely N-dealkylation sites (N-methyl/N-ethyl adjacent to an activating group) is 1. The van der Waals surface area contributed by atoms with E-state index in [1.165, 1.54) is 0 Å². The van der Waals surface area contributed by atoms with Crippen LogP contribution < -0.4 is 5.32 Å². The lowest BCUT2D eigenvalue weighted by Crippen LogP contribution is -2.50. The molecule has 0 bridgehead atoms. The first kappa shape index (κ1) is 11.5. The number of nitrogens with zero attached hydrogens (tertiary/aromatic N) is 1. The van der Waals surface area contributed by atoms with Crippen LogP contribution in [0.15, 0.2) is 0 Å². The van der Waals surface area contributed by atoms with E-state index >= 15 is 0 Å². The van der Waals surface area contributed by atoms with Gasteiger partial charge in [-0.2, -0.15) is 0 Å². The predicted molar refractivity (Wildman–Crippen MR) is 58.1 cm³/mol. The lowest BCUT2D eigenvalue weighted by atomic mass is 9.95. The van der Waals surface area contributed by atoms with Crippen LogP contribution in [0.4, 0.5) is 0 Å².